The predicted molar refractivity (Wildman–Crippen MR) is 191 cm³/mol. The van der Waals surface area contributed by atoms with Gasteiger partial charge in [0.2, 0.25) is 5.91 Å². The summed E-state index contributed by atoms with van der Waals surface area (Å²) in [4.78, 5) is 30.5. The molecule has 1 amide bonds. The number of halogens is 3. The second kappa shape index (κ2) is 15.5. The van der Waals surface area contributed by atoms with E-state index in [9.17, 15) is 4.79 Å². The minimum Gasteiger partial charge on any atom is -0.494 e. The summed E-state index contributed by atoms with van der Waals surface area (Å²) in [5.74, 6) is 5.64. The number of hydrogen-bond acceptors (Lipinski definition) is 10. The Morgan fingerprint density at radius 1 is 1.06 bits per heavy atom. The predicted octanol–water partition coefficient (Wildman–Crippen LogP) is 4.69. The van der Waals surface area contributed by atoms with E-state index in [0.717, 1.165) is 63.8 Å². The molecule has 264 valence electrons. The van der Waals surface area contributed by atoms with Crippen molar-refractivity contribution in [2.24, 2.45) is 16.6 Å². The summed E-state index contributed by atoms with van der Waals surface area (Å²) < 4.78 is 20.8. The fraction of sp³-hybridized carbons (Fsp3) is 0.471. The van der Waals surface area contributed by atoms with Crippen LogP contribution >= 0.6 is 23.2 Å². The number of methoxy groups -OCH3 is 1. The lowest BCUT2D eigenvalue weighted by Crippen LogP contribution is -2.53. The van der Waals surface area contributed by atoms with Gasteiger partial charge in [-0.05, 0) is 43.9 Å². The van der Waals surface area contributed by atoms with Crippen LogP contribution in [0.1, 0.15) is 43.7 Å². The van der Waals surface area contributed by atoms with E-state index in [0.29, 0.717) is 41.8 Å². The third-order valence-corrected chi connectivity index (χ3v) is 10.5. The molecule has 0 aromatic heterocycles. The Bertz CT molecular complexity index is 1610. The molecule has 1 atom stereocenters. The van der Waals surface area contributed by atoms with Crippen LogP contribution in [0.2, 0.25) is 10.0 Å². The number of piperidine rings is 1. The number of carbonyl (C=O) groups excluding carboxylic acids is 1. The van der Waals surface area contributed by atoms with Crippen LogP contribution in [-0.2, 0) is 9.63 Å². The molecule has 4 aliphatic rings. The minimum absolute atomic E-state index is 0.0476. The van der Waals surface area contributed by atoms with Crippen LogP contribution in [0.4, 0.5) is 21.5 Å². The number of hydrogen-bond donors (Lipinski definition) is 4. The molecule has 0 unspecified atom stereocenters. The van der Waals surface area contributed by atoms with Crippen LogP contribution in [0.5, 0.6) is 5.75 Å². The van der Waals surface area contributed by atoms with Crippen molar-refractivity contribution in [3.63, 3.8) is 0 Å². The van der Waals surface area contributed by atoms with Gasteiger partial charge in [0, 0.05) is 75.5 Å². The Kier molecular flexibility index (Phi) is 11.2. The average Bonchev–Trinajstić information content (AvgIpc) is 3.86. The maximum Gasteiger partial charge on any atom is 0.247 e. The molecular weight excluding hydrogens is 672 g/mol. The molecule has 3 aliphatic heterocycles. The maximum atomic E-state index is 15.1. The van der Waals surface area contributed by atoms with Crippen molar-refractivity contribution >= 4 is 52.0 Å². The molecule has 4 fully saturated rings. The molecule has 15 heteroatoms. The van der Waals surface area contributed by atoms with Gasteiger partial charge in [-0.3, -0.25) is 19.4 Å². The standard InChI is InChI=1S/C34H44Cl2FN9O3/c1-3-32(47)41-25-18-26(40-30(38)20-31(42-39)46-27(10-17-49-46)23-6-7-24(35)33(36)34(23)37)29(48-2)19-28(25)45-11-8-22(9-12-45)44-15-13-43(14-16-44)21-4-5-21/h3,6-7,18-22,27,42H,1,4-5,8-17,39H2,2H3,(H2,38,40)(H,41,47)/b31-20+/t27-/m1/s1. The zero-order valence-electron chi connectivity index (χ0n) is 27.6. The van der Waals surface area contributed by atoms with E-state index in [1.54, 1.807) is 19.2 Å². The molecule has 0 bridgehead atoms. The Balaban J connectivity index is 1.21. The number of anilines is 2. The molecule has 49 heavy (non-hydrogen) atoms. The number of amides is 1. The van der Waals surface area contributed by atoms with Gasteiger partial charge in [-0.15, -0.1) is 0 Å². The number of amidine groups is 1. The van der Waals surface area contributed by atoms with Crippen molar-refractivity contribution in [3.8, 4) is 5.75 Å². The van der Waals surface area contributed by atoms with Crippen LogP contribution in [0.15, 0.2) is 53.8 Å². The molecule has 1 saturated carbocycles. The largest absolute Gasteiger partial charge is 0.494 e. The lowest BCUT2D eigenvalue weighted by Gasteiger charge is -2.43. The first kappa shape index (κ1) is 35.2. The number of carbonyl (C=O) groups is 1. The number of rotatable bonds is 11. The van der Waals surface area contributed by atoms with Crippen molar-refractivity contribution < 1.29 is 18.8 Å². The number of piperazine rings is 1. The molecule has 2 aromatic carbocycles. The molecule has 2 aromatic rings. The van der Waals surface area contributed by atoms with Crippen LogP contribution in [0.25, 0.3) is 0 Å². The Morgan fingerprint density at radius 2 is 1.73 bits per heavy atom. The van der Waals surface area contributed by atoms with Gasteiger partial charge in [0.25, 0.3) is 0 Å². The summed E-state index contributed by atoms with van der Waals surface area (Å²) >= 11 is 12.1. The first-order chi connectivity index (χ1) is 23.7. The van der Waals surface area contributed by atoms with E-state index >= 15 is 4.39 Å². The van der Waals surface area contributed by atoms with Crippen LogP contribution in [0.3, 0.4) is 0 Å². The van der Waals surface area contributed by atoms with Crippen molar-refractivity contribution in [2.45, 2.75) is 50.2 Å². The fourth-order valence-electron chi connectivity index (χ4n) is 7.00. The highest BCUT2D eigenvalue weighted by Gasteiger charge is 2.35. The lowest BCUT2D eigenvalue weighted by atomic mass is 10.0. The number of benzene rings is 2. The van der Waals surface area contributed by atoms with E-state index < -0.39 is 11.9 Å². The first-order valence-electron chi connectivity index (χ1n) is 16.7. The molecule has 12 nitrogen and oxygen atoms in total. The summed E-state index contributed by atoms with van der Waals surface area (Å²) in [5, 5.41) is 4.32. The lowest BCUT2D eigenvalue weighted by molar-refractivity contribution is -0.111. The van der Waals surface area contributed by atoms with Gasteiger partial charge in [-0.1, -0.05) is 35.8 Å². The SMILES string of the molecule is C=CC(=O)Nc1cc(N=C(N)/C=C(\NN)N2OCC[C@@H]2c2ccc(Cl)c(Cl)c2F)c(OC)cc1N1CCC(N2CCN(C3CC3)CC2)CC1. The molecule has 6 N–H and O–H groups in total. The summed E-state index contributed by atoms with van der Waals surface area (Å²) in [7, 11) is 1.56. The quantitative estimate of drug-likeness (QED) is 0.0648. The second-order valence-corrected chi connectivity index (χ2v) is 13.5. The molecule has 1 aliphatic carbocycles. The van der Waals surface area contributed by atoms with Gasteiger partial charge in [-0.25, -0.2) is 20.3 Å². The zero-order valence-corrected chi connectivity index (χ0v) is 29.1. The van der Waals surface area contributed by atoms with Crippen LogP contribution in [0, 0.1) is 5.82 Å². The monoisotopic (exact) mass is 715 g/mol. The normalized spacial score (nSPS) is 21.6. The Morgan fingerprint density at radius 3 is 2.35 bits per heavy atom. The van der Waals surface area contributed by atoms with Crippen LogP contribution < -0.4 is 32.0 Å². The molecule has 6 rings (SSSR count). The van der Waals surface area contributed by atoms with Gasteiger partial charge >= 0.3 is 0 Å². The Labute approximate surface area is 296 Å². The number of aliphatic imine (C=N–C) groups is 1. The highest BCUT2D eigenvalue weighted by molar-refractivity contribution is 6.42. The van der Waals surface area contributed by atoms with Crippen molar-refractivity contribution in [2.75, 3.05) is 63.2 Å². The minimum atomic E-state index is -0.637. The number of hydroxylamine groups is 2. The molecule has 0 radical (unpaired) electrons. The van der Waals surface area contributed by atoms with Gasteiger partial charge in [0.1, 0.15) is 28.9 Å². The third-order valence-electron chi connectivity index (χ3n) is 9.72. The summed E-state index contributed by atoms with van der Waals surface area (Å²) in [6.07, 6.45) is 7.91. The first-order valence-corrected chi connectivity index (χ1v) is 17.4. The second-order valence-electron chi connectivity index (χ2n) is 12.7. The number of ether oxygens (including phenoxy) is 1. The third kappa shape index (κ3) is 7.92. The molecule has 3 heterocycles. The van der Waals surface area contributed by atoms with Gasteiger partial charge < -0.3 is 26.1 Å². The van der Waals surface area contributed by atoms with Gasteiger partial charge in [0.15, 0.2) is 0 Å². The van der Waals surface area contributed by atoms with Gasteiger partial charge in [0.05, 0.1) is 41.2 Å². The molecule has 3 saturated heterocycles. The number of nitrogens with one attached hydrogen (secondary N) is 2. The van der Waals surface area contributed by atoms with E-state index in [1.807, 2.05) is 6.07 Å². The van der Waals surface area contributed by atoms with Crippen molar-refractivity contribution in [1.29, 1.82) is 0 Å². The molecular formula is C34H44Cl2FN9O3. The summed E-state index contributed by atoms with van der Waals surface area (Å²) in [6.45, 7) is 10.2. The topological polar surface area (TPSA) is 137 Å². The van der Waals surface area contributed by atoms with Crippen molar-refractivity contribution in [3.05, 3.63) is 70.2 Å². The molecule has 0 spiro atoms. The smallest absolute Gasteiger partial charge is 0.247 e. The number of nitrogens with two attached hydrogens (primary N) is 2. The summed E-state index contributed by atoms with van der Waals surface area (Å²) in [6, 6.07) is 7.50. The number of nitrogens with zero attached hydrogens (tertiary/aromatic N) is 5. The van der Waals surface area contributed by atoms with Crippen molar-refractivity contribution in [1.82, 2.24) is 20.3 Å². The van der Waals surface area contributed by atoms with E-state index in [4.69, 9.17) is 44.4 Å². The zero-order chi connectivity index (χ0) is 34.7. The van der Waals surface area contributed by atoms with E-state index in [2.05, 4.69) is 37.0 Å². The van der Waals surface area contributed by atoms with E-state index in [-0.39, 0.29) is 27.6 Å². The fourth-order valence-corrected chi connectivity index (χ4v) is 7.32. The Hall–Kier alpha value is -3.59. The van der Waals surface area contributed by atoms with Gasteiger partial charge in [-0.2, -0.15) is 0 Å². The summed E-state index contributed by atoms with van der Waals surface area (Å²) in [5.41, 5.74) is 11.1. The maximum absolute atomic E-state index is 15.1. The average molecular weight is 717 g/mol. The van der Waals surface area contributed by atoms with Crippen LogP contribution in [-0.4, -0.2) is 91.7 Å². The van der Waals surface area contributed by atoms with E-state index in [1.165, 1.54) is 36.1 Å². The highest BCUT2D eigenvalue weighted by Crippen LogP contribution is 2.41. The number of hydrazine groups is 1. The highest BCUT2D eigenvalue weighted by atomic mass is 35.5.